The molecule has 1 fully saturated rings. The van der Waals surface area contributed by atoms with Crippen LogP contribution in [0.3, 0.4) is 0 Å². The van der Waals surface area contributed by atoms with E-state index in [1.807, 2.05) is 38.1 Å². The number of nitrogens with zero attached hydrogens (tertiary/aromatic N) is 6. The quantitative estimate of drug-likeness (QED) is 0.336. The third-order valence-electron chi connectivity index (χ3n) is 6.91. The Balaban J connectivity index is 1.38. The molecule has 4 aromatic rings. The number of sulfonamides is 1. The standard InChI is InChI=1S/C29H29N7O4S/c1-18-7-5-8-19(2)27(18)25-12-26(33-29(32-25)34-41(38,39)24-14-31-35(4)17-24)40-23-15-36(16-23)28(37)22-10-6-9-21(11-22)20(3)13-30/h5-12,14,17,20,23H,15-16H2,1-4H3,(H,32,33,34). The Kier molecular flexibility index (Phi) is 7.47. The van der Waals surface area contributed by atoms with Gasteiger partial charge in [-0.3, -0.25) is 9.48 Å². The van der Waals surface area contributed by atoms with E-state index in [0.29, 0.717) is 24.3 Å². The van der Waals surface area contributed by atoms with Crippen molar-refractivity contribution in [1.29, 1.82) is 5.26 Å². The number of hydrogen-bond donors (Lipinski definition) is 1. The first-order valence-electron chi connectivity index (χ1n) is 13.0. The number of nitriles is 1. The summed E-state index contributed by atoms with van der Waals surface area (Å²) in [7, 11) is -2.37. The third-order valence-corrected chi connectivity index (χ3v) is 8.19. The van der Waals surface area contributed by atoms with E-state index in [1.165, 1.54) is 17.1 Å². The topological polar surface area (TPSA) is 143 Å². The van der Waals surface area contributed by atoms with Gasteiger partial charge < -0.3 is 9.64 Å². The highest BCUT2D eigenvalue weighted by atomic mass is 32.2. The molecule has 1 aliphatic rings. The van der Waals surface area contributed by atoms with Gasteiger partial charge in [0.2, 0.25) is 11.8 Å². The molecule has 2 aromatic heterocycles. The molecule has 0 saturated carbocycles. The number of hydrogen-bond acceptors (Lipinski definition) is 8. The Bertz CT molecular complexity index is 1750. The monoisotopic (exact) mass is 571 g/mol. The Hall–Kier alpha value is -4.76. The van der Waals surface area contributed by atoms with Crippen LogP contribution in [0.15, 0.2) is 65.8 Å². The lowest BCUT2D eigenvalue weighted by Crippen LogP contribution is -2.56. The van der Waals surface area contributed by atoms with Gasteiger partial charge in [0.1, 0.15) is 11.0 Å². The number of anilines is 1. The molecule has 5 rings (SSSR count). The van der Waals surface area contributed by atoms with E-state index in [1.54, 1.807) is 43.1 Å². The predicted molar refractivity (Wildman–Crippen MR) is 152 cm³/mol. The Morgan fingerprint density at radius 1 is 1.12 bits per heavy atom. The molecular formula is C29H29N7O4S. The van der Waals surface area contributed by atoms with Crippen LogP contribution >= 0.6 is 0 Å². The average Bonchev–Trinajstić information content (AvgIpc) is 3.36. The molecule has 0 aliphatic carbocycles. The largest absolute Gasteiger partial charge is 0.470 e. The van der Waals surface area contributed by atoms with Crippen LogP contribution in [0.2, 0.25) is 0 Å². The minimum Gasteiger partial charge on any atom is -0.470 e. The molecule has 1 atom stereocenters. The molecule has 12 heteroatoms. The fourth-order valence-corrected chi connectivity index (χ4v) is 5.57. The van der Waals surface area contributed by atoms with Crippen molar-refractivity contribution in [2.24, 2.45) is 7.05 Å². The number of benzene rings is 2. The van der Waals surface area contributed by atoms with E-state index >= 15 is 0 Å². The first-order valence-corrected chi connectivity index (χ1v) is 14.4. The van der Waals surface area contributed by atoms with Crippen molar-refractivity contribution in [2.75, 3.05) is 17.8 Å². The maximum atomic E-state index is 13.0. The second-order valence-corrected chi connectivity index (χ2v) is 11.7. The number of carbonyl (C=O) groups excluding carboxylic acids is 1. The SMILES string of the molecule is Cc1cccc(C)c1-c1cc(OC2CN(C(=O)c3cccc(C(C)C#N)c3)C2)nc(NS(=O)(=O)c2cnn(C)c2)n1. The lowest BCUT2D eigenvalue weighted by atomic mass is 9.99. The molecule has 1 amide bonds. The zero-order chi connectivity index (χ0) is 29.3. The zero-order valence-corrected chi connectivity index (χ0v) is 23.9. The summed E-state index contributed by atoms with van der Waals surface area (Å²) in [4.78, 5) is 23.5. The van der Waals surface area contributed by atoms with Crippen LogP contribution in [0.25, 0.3) is 11.3 Å². The van der Waals surface area contributed by atoms with E-state index in [4.69, 9.17) is 4.74 Å². The molecule has 0 spiro atoms. The molecule has 2 aromatic carbocycles. The average molecular weight is 572 g/mol. The number of nitrogens with one attached hydrogen (secondary N) is 1. The molecule has 1 N–H and O–H groups in total. The summed E-state index contributed by atoms with van der Waals surface area (Å²) in [5.41, 5.74) is 4.57. The fourth-order valence-electron chi connectivity index (χ4n) is 4.64. The van der Waals surface area contributed by atoms with Gasteiger partial charge in [0.25, 0.3) is 15.9 Å². The fraction of sp³-hybridized carbons (Fsp3) is 0.276. The summed E-state index contributed by atoms with van der Waals surface area (Å²) in [6.07, 6.45) is 2.28. The van der Waals surface area contributed by atoms with E-state index in [-0.39, 0.29) is 34.7 Å². The maximum Gasteiger partial charge on any atom is 0.267 e. The lowest BCUT2D eigenvalue weighted by Gasteiger charge is -2.38. The normalized spacial score (nSPS) is 14.2. The number of amides is 1. The van der Waals surface area contributed by atoms with Crippen LogP contribution in [0.5, 0.6) is 5.88 Å². The van der Waals surface area contributed by atoms with Gasteiger partial charge in [0, 0.05) is 30.4 Å². The summed E-state index contributed by atoms with van der Waals surface area (Å²) < 4.78 is 35.9. The maximum absolute atomic E-state index is 13.0. The van der Waals surface area contributed by atoms with Gasteiger partial charge in [0.15, 0.2) is 0 Å². The van der Waals surface area contributed by atoms with Crippen molar-refractivity contribution in [3.63, 3.8) is 0 Å². The van der Waals surface area contributed by atoms with E-state index in [9.17, 15) is 18.5 Å². The van der Waals surface area contributed by atoms with Gasteiger partial charge in [-0.15, -0.1) is 0 Å². The van der Waals surface area contributed by atoms with Gasteiger partial charge in [-0.2, -0.15) is 15.3 Å². The van der Waals surface area contributed by atoms with Crippen LogP contribution in [0, 0.1) is 25.2 Å². The number of ether oxygens (including phenoxy) is 1. The lowest BCUT2D eigenvalue weighted by molar-refractivity contribution is 0.0160. The first-order chi connectivity index (χ1) is 19.5. The molecule has 0 bridgehead atoms. The van der Waals surface area contributed by atoms with Crippen LogP contribution in [0.1, 0.15) is 39.9 Å². The molecule has 1 saturated heterocycles. The molecule has 1 aliphatic heterocycles. The summed E-state index contributed by atoms with van der Waals surface area (Å²) in [6, 6.07) is 16.8. The minimum absolute atomic E-state index is 0.0232. The number of aromatic nitrogens is 4. The van der Waals surface area contributed by atoms with Crippen LogP contribution < -0.4 is 9.46 Å². The van der Waals surface area contributed by atoms with Crippen molar-refractivity contribution in [3.05, 3.63) is 83.2 Å². The summed E-state index contributed by atoms with van der Waals surface area (Å²) >= 11 is 0. The van der Waals surface area contributed by atoms with Gasteiger partial charge in [0.05, 0.1) is 37.0 Å². The molecule has 0 radical (unpaired) electrons. The van der Waals surface area contributed by atoms with Crippen molar-refractivity contribution in [1.82, 2.24) is 24.6 Å². The number of aryl methyl sites for hydroxylation is 3. The second kappa shape index (κ2) is 11.0. The van der Waals surface area contributed by atoms with Crippen molar-refractivity contribution in [2.45, 2.75) is 37.7 Å². The van der Waals surface area contributed by atoms with E-state index in [0.717, 1.165) is 22.3 Å². The van der Waals surface area contributed by atoms with E-state index < -0.39 is 10.0 Å². The van der Waals surface area contributed by atoms with Gasteiger partial charge in [-0.05, 0) is 49.6 Å². The Morgan fingerprint density at radius 3 is 2.49 bits per heavy atom. The number of rotatable bonds is 8. The highest BCUT2D eigenvalue weighted by Gasteiger charge is 2.34. The summed E-state index contributed by atoms with van der Waals surface area (Å²) in [5, 5.41) is 13.1. The van der Waals surface area contributed by atoms with Crippen molar-refractivity contribution >= 4 is 21.9 Å². The van der Waals surface area contributed by atoms with Crippen LogP contribution in [-0.2, 0) is 17.1 Å². The molecule has 210 valence electrons. The van der Waals surface area contributed by atoms with Crippen molar-refractivity contribution in [3.8, 4) is 23.2 Å². The molecule has 3 heterocycles. The predicted octanol–water partition coefficient (Wildman–Crippen LogP) is 3.83. The number of carbonyl (C=O) groups is 1. The summed E-state index contributed by atoms with van der Waals surface area (Å²) in [6.45, 7) is 6.35. The first kappa shape index (κ1) is 27.8. The van der Waals surface area contributed by atoms with Gasteiger partial charge >= 0.3 is 0 Å². The minimum atomic E-state index is -4.00. The second-order valence-electron chi connectivity index (χ2n) is 10.1. The van der Waals surface area contributed by atoms with Gasteiger partial charge in [-0.25, -0.2) is 18.1 Å². The van der Waals surface area contributed by atoms with E-state index in [2.05, 4.69) is 25.9 Å². The van der Waals surface area contributed by atoms with Crippen LogP contribution in [0.4, 0.5) is 5.95 Å². The molecular weight excluding hydrogens is 542 g/mol. The molecule has 11 nitrogen and oxygen atoms in total. The Labute approximate surface area is 238 Å². The molecule has 41 heavy (non-hydrogen) atoms. The highest BCUT2D eigenvalue weighted by Crippen LogP contribution is 2.30. The Morgan fingerprint density at radius 2 is 1.83 bits per heavy atom. The van der Waals surface area contributed by atoms with Crippen LogP contribution in [-0.4, -0.2) is 58.2 Å². The number of likely N-dealkylation sites (tertiary alicyclic amines) is 1. The molecule has 1 unspecified atom stereocenters. The summed E-state index contributed by atoms with van der Waals surface area (Å²) in [5.74, 6) is -0.423. The smallest absolute Gasteiger partial charge is 0.267 e. The third kappa shape index (κ3) is 5.90. The zero-order valence-electron chi connectivity index (χ0n) is 23.1. The van der Waals surface area contributed by atoms with Gasteiger partial charge in [-0.1, -0.05) is 30.3 Å². The van der Waals surface area contributed by atoms with Crippen molar-refractivity contribution < 1.29 is 17.9 Å². The highest BCUT2D eigenvalue weighted by molar-refractivity contribution is 7.92.